The van der Waals surface area contributed by atoms with Crippen molar-refractivity contribution in [2.75, 3.05) is 0 Å². The quantitative estimate of drug-likeness (QED) is 0.308. The number of alkyl halides is 3. The highest BCUT2D eigenvalue weighted by Gasteiger charge is 2.43. The van der Waals surface area contributed by atoms with Gasteiger partial charge in [0.25, 0.3) is 11.9 Å². The van der Waals surface area contributed by atoms with Crippen molar-refractivity contribution in [3.05, 3.63) is 76.5 Å². The number of primary amides is 1. The number of ether oxygens (including phenoxy) is 1. The number of aromatic amines is 1. The molecule has 1 amide bonds. The number of carbonyl (C=O) groups excluding carboxylic acids is 1. The van der Waals surface area contributed by atoms with Gasteiger partial charge in [0.15, 0.2) is 28.7 Å². The highest BCUT2D eigenvalue weighted by molar-refractivity contribution is 6.00. The molecule has 0 atom stereocenters. The Morgan fingerprint density at radius 1 is 1.08 bits per heavy atom. The number of nitrogens with zero attached hydrogens (tertiary/aromatic N) is 6. The number of H-pyrrole nitrogens is 1. The first-order valence-corrected chi connectivity index (χ1v) is 11.3. The molecule has 0 unspecified atom stereocenters. The van der Waals surface area contributed by atoms with Crippen LogP contribution in [0.5, 0.6) is 11.5 Å². The summed E-state index contributed by atoms with van der Waals surface area (Å²) in [5.41, 5.74) is 2.21. The van der Waals surface area contributed by atoms with Gasteiger partial charge in [0, 0.05) is 36.3 Å². The van der Waals surface area contributed by atoms with Gasteiger partial charge in [0.1, 0.15) is 11.2 Å². The fourth-order valence-electron chi connectivity index (χ4n) is 4.11. The standard InChI is InChI=1S/C24H18F4N8O3/c1-11(2)35-18-15(6-9-30-21(18)33-23(35)38)39-14-5-4-12(10-13(14)25)17-16(20(29)37)19(24(26,27)28)36(34-17)22-31-7-3-8-32-22/h3-11H,1-2H3,(H2,29,37)(H,30,33,38). The van der Waals surface area contributed by atoms with Crippen molar-refractivity contribution in [2.45, 2.75) is 26.1 Å². The second-order valence-electron chi connectivity index (χ2n) is 8.54. The summed E-state index contributed by atoms with van der Waals surface area (Å²) in [7, 11) is 0. The predicted molar refractivity (Wildman–Crippen MR) is 129 cm³/mol. The van der Waals surface area contributed by atoms with Crippen molar-refractivity contribution in [1.82, 2.24) is 34.3 Å². The second-order valence-corrected chi connectivity index (χ2v) is 8.54. The monoisotopic (exact) mass is 542 g/mol. The van der Waals surface area contributed by atoms with Crippen LogP contribution in [0.2, 0.25) is 0 Å². The molecule has 0 radical (unpaired) electrons. The smallest absolute Gasteiger partial charge is 0.434 e. The summed E-state index contributed by atoms with van der Waals surface area (Å²) >= 11 is 0. The molecule has 0 fully saturated rings. The summed E-state index contributed by atoms with van der Waals surface area (Å²) < 4.78 is 64.8. The lowest BCUT2D eigenvalue weighted by Gasteiger charge is -2.12. The van der Waals surface area contributed by atoms with Gasteiger partial charge in [-0.05, 0) is 38.1 Å². The number of nitrogens with one attached hydrogen (secondary N) is 1. The molecular weight excluding hydrogens is 524 g/mol. The van der Waals surface area contributed by atoms with Crippen molar-refractivity contribution >= 4 is 17.1 Å². The fraction of sp³-hybridized carbons (Fsp3) is 0.167. The fourth-order valence-corrected chi connectivity index (χ4v) is 4.11. The topological polar surface area (TPSA) is 147 Å². The van der Waals surface area contributed by atoms with Crippen LogP contribution in [-0.4, -0.2) is 40.2 Å². The summed E-state index contributed by atoms with van der Waals surface area (Å²) in [5.74, 6) is -3.08. The average molecular weight is 542 g/mol. The number of carbonyl (C=O) groups is 1. The third kappa shape index (κ3) is 4.47. The number of aromatic nitrogens is 7. The number of hydrogen-bond donors (Lipinski definition) is 2. The van der Waals surface area contributed by atoms with Crippen molar-refractivity contribution in [3.63, 3.8) is 0 Å². The average Bonchev–Trinajstić information content (AvgIpc) is 3.45. The lowest BCUT2D eigenvalue weighted by molar-refractivity contribution is -0.143. The first kappa shape index (κ1) is 25.6. The Morgan fingerprint density at radius 2 is 1.79 bits per heavy atom. The van der Waals surface area contributed by atoms with Crippen LogP contribution in [-0.2, 0) is 6.18 Å². The minimum atomic E-state index is -5.08. The van der Waals surface area contributed by atoms with E-state index in [1.54, 1.807) is 13.8 Å². The Balaban J connectivity index is 1.62. The van der Waals surface area contributed by atoms with Crippen molar-refractivity contribution in [3.8, 4) is 28.7 Å². The molecule has 11 nitrogen and oxygen atoms in total. The zero-order valence-electron chi connectivity index (χ0n) is 20.2. The molecule has 200 valence electrons. The number of pyridine rings is 1. The van der Waals surface area contributed by atoms with E-state index in [2.05, 4.69) is 25.0 Å². The first-order valence-electron chi connectivity index (χ1n) is 11.3. The number of fused-ring (bicyclic) bond motifs is 1. The number of hydrogen-bond acceptors (Lipinski definition) is 7. The van der Waals surface area contributed by atoms with Crippen molar-refractivity contribution in [1.29, 1.82) is 0 Å². The molecule has 4 heterocycles. The third-order valence-corrected chi connectivity index (χ3v) is 5.66. The number of halogens is 4. The van der Waals surface area contributed by atoms with Gasteiger partial charge in [-0.2, -0.15) is 23.0 Å². The van der Waals surface area contributed by atoms with Gasteiger partial charge >= 0.3 is 11.9 Å². The van der Waals surface area contributed by atoms with Gasteiger partial charge in [-0.1, -0.05) is 0 Å². The van der Waals surface area contributed by atoms with E-state index in [9.17, 15) is 22.8 Å². The molecule has 0 spiro atoms. The Kier molecular flexibility index (Phi) is 6.12. The summed E-state index contributed by atoms with van der Waals surface area (Å²) in [5, 5.41) is 3.88. The molecular formula is C24H18F4N8O3. The SMILES string of the molecule is CC(C)n1c(=O)[nH]c2nccc(Oc3ccc(-c4nn(-c5ncccn5)c(C(F)(F)F)c4C(N)=O)cc3F)c21. The number of imidazole rings is 1. The third-order valence-electron chi connectivity index (χ3n) is 5.66. The lowest BCUT2D eigenvalue weighted by atomic mass is 10.0. The molecule has 5 aromatic rings. The largest absolute Gasteiger partial charge is 0.452 e. The summed E-state index contributed by atoms with van der Waals surface area (Å²) in [4.78, 5) is 38.8. The molecule has 0 aliphatic rings. The molecule has 1 aromatic carbocycles. The minimum absolute atomic E-state index is 0.112. The van der Waals surface area contributed by atoms with E-state index in [-0.39, 0.29) is 28.8 Å². The number of amides is 1. The number of benzene rings is 1. The van der Waals surface area contributed by atoms with Crippen LogP contribution in [0.15, 0.2) is 53.7 Å². The zero-order valence-corrected chi connectivity index (χ0v) is 20.2. The van der Waals surface area contributed by atoms with Gasteiger partial charge in [-0.25, -0.2) is 24.1 Å². The molecule has 0 aliphatic carbocycles. The zero-order chi connectivity index (χ0) is 28.1. The van der Waals surface area contributed by atoms with Gasteiger partial charge in [0.05, 0.1) is 5.56 Å². The Labute approximate surface area is 215 Å². The van der Waals surface area contributed by atoms with E-state index < -0.39 is 46.5 Å². The van der Waals surface area contributed by atoms with Gasteiger partial charge < -0.3 is 10.5 Å². The van der Waals surface area contributed by atoms with Crippen LogP contribution in [0.3, 0.4) is 0 Å². The van der Waals surface area contributed by atoms with Crippen LogP contribution >= 0.6 is 0 Å². The molecule has 15 heteroatoms. The highest BCUT2D eigenvalue weighted by Crippen LogP contribution is 2.39. The van der Waals surface area contributed by atoms with Gasteiger partial charge in [-0.15, -0.1) is 0 Å². The van der Waals surface area contributed by atoms with Crippen LogP contribution < -0.4 is 16.2 Å². The Bertz CT molecular complexity index is 1770. The maximum atomic E-state index is 15.3. The van der Waals surface area contributed by atoms with Crippen LogP contribution in [0.1, 0.15) is 35.9 Å². The molecule has 5 rings (SSSR count). The van der Waals surface area contributed by atoms with E-state index in [4.69, 9.17) is 10.5 Å². The minimum Gasteiger partial charge on any atom is -0.452 e. The van der Waals surface area contributed by atoms with E-state index in [0.717, 1.165) is 12.1 Å². The maximum absolute atomic E-state index is 15.3. The highest BCUT2D eigenvalue weighted by atomic mass is 19.4. The van der Waals surface area contributed by atoms with E-state index >= 15 is 4.39 Å². The van der Waals surface area contributed by atoms with E-state index in [1.165, 1.54) is 41.4 Å². The van der Waals surface area contributed by atoms with Gasteiger partial charge in [0.2, 0.25) is 0 Å². The number of nitrogens with two attached hydrogens (primary N) is 1. The molecule has 0 saturated heterocycles. The van der Waals surface area contributed by atoms with E-state index in [0.29, 0.717) is 10.2 Å². The van der Waals surface area contributed by atoms with Gasteiger partial charge in [-0.3, -0.25) is 14.3 Å². The van der Waals surface area contributed by atoms with Crippen LogP contribution in [0.25, 0.3) is 28.4 Å². The maximum Gasteiger partial charge on any atom is 0.434 e. The first-order chi connectivity index (χ1) is 18.5. The van der Waals surface area contributed by atoms with Crippen LogP contribution in [0.4, 0.5) is 17.6 Å². The molecule has 0 bridgehead atoms. The normalized spacial score (nSPS) is 11.9. The molecule has 3 N–H and O–H groups in total. The molecule has 0 aliphatic heterocycles. The molecule has 0 saturated carbocycles. The molecule has 39 heavy (non-hydrogen) atoms. The predicted octanol–water partition coefficient (Wildman–Crippen LogP) is 4.00. The van der Waals surface area contributed by atoms with E-state index in [1.807, 2.05) is 0 Å². The summed E-state index contributed by atoms with van der Waals surface area (Å²) in [6.45, 7) is 3.54. The Morgan fingerprint density at radius 3 is 2.41 bits per heavy atom. The molecule has 4 aromatic heterocycles. The second kappa shape index (κ2) is 9.34. The van der Waals surface area contributed by atoms with Crippen LogP contribution in [0, 0.1) is 5.82 Å². The summed E-state index contributed by atoms with van der Waals surface area (Å²) in [6, 6.07) is 5.76. The lowest BCUT2D eigenvalue weighted by Crippen LogP contribution is -2.21. The van der Waals surface area contributed by atoms with Crippen molar-refractivity contribution < 1.29 is 27.1 Å². The number of rotatable bonds is 6. The van der Waals surface area contributed by atoms with Crippen molar-refractivity contribution in [2.24, 2.45) is 5.73 Å². The Hall–Kier alpha value is -5.08. The summed E-state index contributed by atoms with van der Waals surface area (Å²) in [6.07, 6.45) is -1.33.